The van der Waals surface area contributed by atoms with Crippen molar-refractivity contribution < 1.29 is 18.8 Å². The van der Waals surface area contributed by atoms with Gasteiger partial charge in [-0.15, -0.1) is 0 Å². The van der Waals surface area contributed by atoms with Gasteiger partial charge in [0, 0.05) is 36.6 Å². The molecular formula is C33H35BN2O4. The van der Waals surface area contributed by atoms with Crippen LogP contribution in [0.5, 0.6) is 0 Å². The summed E-state index contributed by atoms with van der Waals surface area (Å²) in [6.07, 6.45) is 3.62. The highest BCUT2D eigenvalue weighted by Gasteiger charge is 2.52. The van der Waals surface area contributed by atoms with Crippen LogP contribution < -0.4 is 5.32 Å². The van der Waals surface area contributed by atoms with Crippen LogP contribution in [-0.2, 0) is 21.1 Å². The molecule has 6 rings (SSSR count). The minimum Gasteiger partial charge on any atom is -0.449 e. The molecule has 0 atom stereocenters. The van der Waals surface area contributed by atoms with Crippen LogP contribution in [0.4, 0.5) is 4.79 Å². The molecule has 0 saturated carbocycles. The van der Waals surface area contributed by atoms with Gasteiger partial charge in [0.1, 0.15) is 6.61 Å². The first kappa shape index (κ1) is 26.4. The molecule has 3 aromatic carbocycles. The summed E-state index contributed by atoms with van der Waals surface area (Å²) in [5.74, 6) is 0.00820. The molecule has 1 aromatic heterocycles. The van der Waals surface area contributed by atoms with Crippen molar-refractivity contribution in [2.45, 2.75) is 44.8 Å². The number of carbonyl (C=O) groups excluding carboxylic acids is 1. The molecule has 0 bridgehead atoms. The molecule has 1 saturated heterocycles. The van der Waals surface area contributed by atoms with Crippen LogP contribution in [0.15, 0.2) is 84.5 Å². The van der Waals surface area contributed by atoms with Crippen molar-refractivity contribution >= 4 is 30.2 Å². The lowest BCUT2D eigenvalue weighted by atomic mass is 9.77. The van der Waals surface area contributed by atoms with Crippen molar-refractivity contribution in [1.82, 2.24) is 9.88 Å². The first-order chi connectivity index (χ1) is 19.1. The van der Waals surface area contributed by atoms with E-state index in [9.17, 15) is 4.79 Å². The van der Waals surface area contributed by atoms with Crippen molar-refractivity contribution in [2.75, 3.05) is 13.2 Å². The van der Waals surface area contributed by atoms with Crippen LogP contribution in [0.1, 0.15) is 50.3 Å². The maximum Gasteiger partial charge on any atom is 0.492 e. The largest absolute Gasteiger partial charge is 0.492 e. The maximum atomic E-state index is 13.0. The average Bonchev–Trinajstić information content (AvgIpc) is 3.53. The van der Waals surface area contributed by atoms with Crippen LogP contribution in [0.25, 0.3) is 28.1 Å². The number of hydrogen-bond acceptors (Lipinski definition) is 4. The molecule has 2 heterocycles. The number of ether oxygens (including phenoxy) is 1. The van der Waals surface area contributed by atoms with E-state index in [1.165, 1.54) is 22.3 Å². The maximum absolute atomic E-state index is 13.0. The minimum absolute atomic E-state index is 0.00820. The summed E-state index contributed by atoms with van der Waals surface area (Å²) in [7, 11) is 1.44. The first-order valence-electron chi connectivity index (χ1n) is 13.8. The van der Waals surface area contributed by atoms with Crippen molar-refractivity contribution in [3.63, 3.8) is 0 Å². The summed E-state index contributed by atoms with van der Waals surface area (Å²) in [4.78, 5) is 13.0. The highest BCUT2D eigenvalue weighted by atomic mass is 16.7. The molecule has 40 heavy (non-hydrogen) atoms. The highest BCUT2D eigenvalue weighted by molar-refractivity contribution is 6.56. The monoisotopic (exact) mass is 534 g/mol. The number of aryl methyl sites for hydroxylation is 1. The third-order valence-electron chi connectivity index (χ3n) is 8.60. The van der Waals surface area contributed by atoms with Crippen LogP contribution in [-0.4, -0.2) is 42.1 Å². The van der Waals surface area contributed by atoms with Crippen LogP contribution in [0, 0.1) is 0 Å². The lowest BCUT2D eigenvalue weighted by Crippen LogP contribution is -2.41. The van der Waals surface area contributed by atoms with E-state index in [2.05, 4.69) is 58.4 Å². The van der Waals surface area contributed by atoms with E-state index in [1.54, 1.807) is 0 Å². The molecule has 1 amide bonds. The van der Waals surface area contributed by atoms with Crippen molar-refractivity contribution in [3.05, 3.63) is 101 Å². The van der Waals surface area contributed by atoms with E-state index >= 15 is 0 Å². The lowest BCUT2D eigenvalue weighted by molar-refractivity contribution is 0.00578. The van der Waals surface area contributed by atoms with E-state index in [1.807, 2.05) is 71.3 Å². The number of amides is 1. The predicted molar refractivity (Wildman–Crippen MR) is 160 cm³/mol. The van der Waals surface area contributed by atoms with Gasteiger partial charge < -0.3 is 23.9 Å². The van der Waals surface area contributed by atoms with E-state index in [0.717, 1.165) is 21.9 Å². The molecule has 0 unspecified atom stereocenters. The summed E-state index contributed by atoms with van der Waals surface area (Å²) in [6, 6.07) is 25.0. The normalized spacial score (nSPS) is 17.6. The van der Waals surface area contributed by atoms with Gasteiger partial charge in [-0.05, 0) is 79.2 Å². The van der Waals surface area contributed by atoms with Gasteiger partial charge in [0.05, 0.1) is 11.2 Å². The van der Waals surface area contributed by atoms with Crippen molar-refractivity contribution in [1.29, 1.82) is 0 Å². The first-order valence-corrected chi connectivity index (χ1v) is 13.8. The Kier molecular flexibility index (Phi) is 6.60. The molecule has 0 radical (unpaired) electrons. The molecule has 1 aliphatic carbocycles. The molecule has 0 spiro atoms. The second kappa shape index (κ2) is 9.99. The number of hydrogen-bond donors (Lipinski definition) is 1. The zero-order valence-corrected chi connectivity index (χ0v) is 23.7. The van der Waals surface area contributed by atoms with Gasteiger partial charge in [-0.25, -0.2) is 4.79 Å². The number of alkyl carbamates (subject to hydrolysis) is 1. The molecule has 1 aliphatic heterocycles. The van der Waals surface area contributed by atoms with Crippen molar-refractivity contribution in [2.24, 2.45) is 7.05 Å². The summed E-state index contributed by atoms with van der Waals surface area (Å²) < 4.78 is 20.6. The van der Waals surface area contributed by atoms with E-state index in [0.29, 0.717) is 0 Å². The van der Waals surface area contributed by atoms with E-state index in [-0.39, 0.29) is 19.1 Å². The summed E-state index contributed by atoms with van der Waals surface area (Å²) in [6.45, 7) is 8.61. The highest BCUT2D eigenvalue weighted by Crippen LogP contribution is 2.44. The summed E-state index contributed by atoms with van der Waals surface area (Å²) >= 11 is 0. The Morgan fingerprint density at radius 2 is 1.57 bits per heavy atom. The van der Waals surface area contributed by atoms with E-state index in [4.69, 9.17) is 14.0 Å². The van der Waals surface area contributed by atoms with Crippen LogP contribution >= 0.6 is 0 Å². The predicted octanol–water partition coefficient (Wildman–Crippen LogP) is 6.73. The zero-order valence-electron chi connectivity index (χ0n) is 23.7. The zero-order chi connectivity index (χ0) is 28.1. The second-order valence-electron chi connectivity index (χ2n) is 11.7. The minimum atomic E-state index is -0.592. The summed E-state index contributed by atoms with van der Waals surface area (Å²) in [5.41, 5.74) is 6.78. The Labute approximate surface area is 236 Å². The van der Waals surface area contributed by atoms with Gasteiger partial charge in [0.25, 0.3) is 0 Å². The smallest absolute Gasteiger partial charge is 0.449 e. The Morgan fingerprint density at radius 3 is 2.23 bits per heavy atom. The standard InChI is InChI=1S/C33H35BN2O4/c1-32(2)33(3,4)40-34(39-32)24(19-22-14-15-30-23(18-22)16-17-36(30)5)20-35-31(37)38-21-29-27-12-8-6-10-25(27)26-11-7-9-13-28(26)29/h6-19,29H,20-21H2,1-5H3,(H,35,37). The van der Waals surface area contributed by atoms with Crippen molar-refractivity contribution in [3.8, 4) is 11.1 Å². The molecule has 2 aliphatic rings. The van der Waals surface area contributed by atoms with Gasteiger partial charge >= 0.3 is 13.2 Å². The summed E-state index contributed by atoms with van der Waals surface area (Å²) in [5, 5.41) is 4.10. The molecule has 1 fully saturated rings. The third kappa shape index (κ3) is 4.74. The van der Waals surface area contributed by atoms with Crippen LogP contribution in [0.2, 0.25) is 0 Å². The molecule has 7 heteroatoms. The Hall–Kier alpha value is -3.81. The van der Waals surface area contributed by atoms with Crippen LogP contribution in [0.3, 0.4) is 0 Å². The fraction of sp³-hybridized carbons (Fsp3) is 0.303. The van der Waals surface area contributed by atoms with Gasteiger partial charge in [0.2, 0.25) is 0 Å². The van der Waals surface area contributed by atoms with Gasteiger partial charge in [-0.2, -0.15) is 0 Å². The number of aromatic nitrogens is 1. The number of benzene rings is 3. The number of nitrogens with zero attached hydrogens (tertiary/aromatic N) is 1. The molecule has 1 N–H and O–H groups in total. The van der Waals surface area contributed by atoms with Gasteiger partial charge in [-0.1, -0.05) is 60.7 Å². The Morgan fingerprint density at radius 1 is 0.950 bits per heavy atom. The molecule has 6 nitrogen and oxygen atoms in total. The number of nitrogens with one attached hydrogen (secondary N) is 1. The number of carbonyl (C=O) groups is 1. The second-order valence-corrected chi connectivity index (χ2v) is 11.7. The third-order valence-corrected chi connectivity index (χ3v) is 8.60. The van der Waals surface area contributed by atoms with Gasteiger partial charge in [-0.3, -0.25) is 0 Å². The molecule has 4 aromatic rings. The lowest BCUT2D eigenvalue weighted by Gasteiger charge is -2.32. The van der Waals surface area contributed by atoms with E-state index < -0.39 is 24.4 Å². The average molecular weight is 534 g/mol. The Balaban J connectivity index is 1.19. The number of fused-ring (bicyclic) bond motifs is 4. The molecule has 204 valence electrons. The fourth-order valence-electron chi connectivity index (χ4n) is 5.62. The topological polar surface area (TPSA) is 61.7 Å². The SMILES string of the molecule is Cn1ccc2cc(C=C(CNC(=O)OCC3c4ccccc4-c4ccccc43)B3OC(C)(C)C(C)(C)O3)ccc21. The molecular weight excluding hydrogens is 499 g/mol. The van der Waals surface area contributed by atoms with Gasteiger partial charge in [0.15, 0.2) is 0 Å². The fourth-order valence-corrected chi connectivity index (χ4v) is 5.62. The quantitative estimate of drug-likeness (QED) is 0.279. The number of rotatable bonds is 6. The Bertz CT molecular complexity index is 1560.